The summed E-state index contributed by atoms with van der Waals surface area (Å²) in [7, 11) is 1.60. The van der Waals surface area contributed by atoms with Crippen LogP contribution in [0.15, 0.2) is 12.4 Å². The van der Waals surface area contributed by atoms with E-state index in [9.17, 15) is 0 Å². The van der Waals surface area contributed by atoms with Gasteiger partial charge in [0.15, 0.2) is 0 Å². The molecule has 0 bridgehead atoms. The first-order valence-electron chi connectivity index (χ1n) is 3.39. The second kappa shape index (κ2) is 2.78. The highest BCUT2D eigenvalue weighted by molar-refractivity contribution is 5.33. The van der Waals surface area contributed by atoms with E-state index in [0.29, 0.717) is 12.6 Å². The lowest BCUT2D eigenvalue weighted by Crippen LogP contribution is -2.24. The van der Waals surface area contributed by atoms with Crippen LogP contribution >= 0.6 is 0 Å². The molecule has 0 atom stereocenters. The van der Waals surface area contributed by atoms with Crippen LogP contribution < -0.4 is 4.90 Å². The molecular formula is C5H8N6O. The van der Waals surface area contributed by atoms with Gasteiger partial charge in [0.2, 0.25) is 0 Å². The summed E-state index contributed by atoms with van der Waals surface area (Å²) in [5.41, 5.74) is 0. The molecule has 1 aliphatic heterocycles. The molecule has 0 aliphatic carbocycles. The summed E-state index contributed by atoms with van der Waals surface area (Å²) in [6, 6.07) is 0. The third-order valence-corrected chi connectivity index (χ3v) is 1.53. The van der Waals surface area contributed by atoms with Gasteiger partial charge < -0.3 is 0 Å². The number of nitrogens with one attached hydrogen (secondary N) is 1. The summed E-state index contributed by atoms with van der Waals surface area (Å²) in [6.45, 7) is 0.579. The monoisotopic (exact) mass is 168 g/mol. The Bertz CT molecular complexity index is 269. The van der Waals surface area contributed by atoms with Crippen molar-refractivity contribution in [1.82, 2.24) is 25.7 Å². The number of hydrogen-bond donors (Lipinski definition) is 1. The lowest BCUT2D eigenvalue weighted by atomic mass is 10.8. The van der Waals surface area contributed by atoms with Crippen LogP contribution in [0.1, 0.15) is 0 Å². The first-order valence-corrected chi connectivity index (χ1v) is 3.39. The molecule has 1 aliphatic rings. The van der Waals surface area contributed by atoms with E-state index in [1.807, 2.05) is 6.20 Å². The summed E-state index contributed by atoms with van der Waals surface area (Å²) in [4.78, 5) is 6.76. The Balaban J connectivity index is 2.06. The minimum atomic E-state index is 0.533. The van der Waals surface area contributed by atoms with Crippen LogP contribution in [0.25, 0.3) is 0 Å². The van der Waals surface area contributed by atoms with Gasteiger partial charge >= 0.3 is 0 Å². The average Bonchev–Trinajstić information content (AvgIpc) is 2.75. The molecular weight excluding hydrogens is 160 g/mol. The number of H-pyrrole nitrogens is 1. The van der Waals surface area contributed by atoms with Crippen molar-refractivity contribution in [3.05, 3.63) is 12.4 Å². The number of nitrogens with zero attached hydrogens (tertiary/aromatic N) is 5. The van der Waals surface area contributed by atoms with E-state index in [2.05, 4.69) is 20.6 Å². The largest absolute Gasteiger partial charge is 0.292 e. The van der Waals surface area contributed by atoms with Crippen molar-refractivity contribution in [2.24, 2.45) is 0 Å². The second-order valence-electron chi connectivity index (χ2n) is 2.22. The Hall–Kier alpha value is -1.63. The smallest absolute Gasteiger partial charge is 0.271 e. The van der Waals surface area contributed by atoms with Gasteiger partial charge in [0, 0.05) is 12.4 Å². The third-order valence-electron chi connectivity index (χ3n) is 1.53. The predicted molar refractivity (Wildman–Crippen MR) is 39.5 cm³/mol. The standard InChI is InChI=1S/C5H8N6O/c1-12-11-3-2-10(4-11)5-6-8-9-7-5/h2-3H,4H2,1H3,(H,6,7,8,9). The molecule has 0 saturated carbocycles. The number of aromatic amines is 1. The maximum Gasteiger partial charge on any atom is 0.271 e. The molecule has 12 heavy (non-hydrogen) atoms. The van der Waals surface area contributed by atoms with Gasteiger partial charge in [-0.15, -0.1) is 5.10 Å². The number of tetrazole rings is 1. The fourth-order valence-corrected chi connectivity index (χ4v) is 0.926. The summed E-state index contributed by atoms with van der Waals surface area (Å²) in [5, 5.41) is 15.1. The summed E-state index contributed by atoms with van der Waals surface area (Å²) >= 11 is 0. The first-order chi connectivity index (χ1) is 5.90. The molecule has 2 heterocycles. The van der Waals surface area contributed by atoms with Crippen molar-refractivity contribution >= 4 is 5.95 Å². The fourth-order valence-electron chi connectivity index (χ4n) is 0.926. The van der Waals surface area contributed by atoms with Crippen molar-refractivity contribution in [1.29, 1.82) is 0 Å². The van der Waals surface area contributed by atoms with E-state index in [-0.39, 0.29) is 0 Å². The molecule has 64 valence electrons. The Morgan fingerprint density at radius 3 is 3.08 bits per heavy atom. The van der Waals surface area contributed by atoms with Gasteiger partial charge in [0.05, 0.1) is 7.11 Å². The Kier molecular flexibility index (Phi) is 1.63. The normalized spacial score (nSPS) is 16.1. The molecule has 0 fully saturated rings. The van der Waals surface area contributed by atoms with Crippen LogP contribution in [0.3, 0.4) is 0 Å². The van der Waals surface area contributed by atoms with Gasteiger partial charge in [-0.25, -0.2) is 5.06 Å². The predicted octanol–water partition coefficient (Wildman–Crippen LogP) is -0.688. The maximum absolute atomic E-state index is 4.96. The number of rotatable bonds is 2. The van der Waals surface area contributed by atoms with Crippen molar-refractivity contribution in [2.75, 3.05) is 18.7 Å². The van der Waals surface area contributed by atoms with Gasteiger partial charge in [0.1, 0.15) is 6.67 Å². The van der Waals surface area contributed by atoms with Gasteiger partial charge in [-0.05, 0) is 5.21 Å². The van der Waals surface area contributed by atoms with Crippen LogP contribution in [0, 0.1) is 0 Å². The van der Waals surface area contributed by atoms with Gasteiger partial charge in [-0.3, -0.25) is 9.74 Å². The van der Waals surface area contributed by atoms with Crippen LogP contribution in [0.5, 0.6) is 0 Å². The van der Waals surface area contributed by atoms with E-state index in [1.165, 1.54) is 0 Å². The summed E-state index contributed by atoms with van der Waals surface area (Å²) < 4.78 is 0. The lowest BCUT2D eigenvalue weighted by Gasteiger charge is -2.14. The van der Waals surface area contributed by atoms with Crippen LogP contribution in [-0.4, -0.2) is 39.5 Å². The highest BCUT2D eigenvalue weighted by Crippen LogP contribution is 2.11. The van der Waals surface area contributed by atoms with E-state index >= 15 is 0 Å². The molecule has 0 spiro atoms. The number of hydrogen-bond acceptors (Lipinski definition) is 6. The lowest BCUT2D eigenvalue weighted by molar-refractivity contribution is -0.0791. The van der Waals surface area contributed by atoms with E-state index in [1.54, 1.807) is 23.3 Å². The quantitative estimate of drug-likeness (QED) is 0.630. The van der Waals surface area contributed by atoms with Crippen molar-refractivity contribution in [3.8, 4) is 0 Å². The molecule has 0 saturated heterocycles. The van der Waals surface area contributed by atoms with E-state index in [4.69, 9.17) is 4.84 Å². The molecule has 1 N–H and O–H groups in total. The Morgan fingerprint density at radius 2 is 2.50 bits per heavy atom. The Morgan fingerprint density at radius 1 is 1.58 bits per heavy atom. The second-order valence-corrected chi connectivity index (χ2v) is 2.22. The van der Waals surface area contributed by atoms with Crippen LogP contribution in [0.2, 0.25) is 0 Å². The van der Waals surface area contributed by atoms with Crippen LogP contribution in [0.4, 0.5) is 5.95 Å². The molecule has 0 radical (unpaired) electrons. The van der Waals surface area contributed by atoms with Crippen molar-refractivity contribution in [2.45, 2.75) is 0 Å². The van der Waals surface area contributed by atoms with Gasteiger partial charge in [-0.1, -0.05) is 5.10 Å². The first kappa shape index (κ1) is 7.04. The van der Waals surface area contributed by atoms with E-state index in [0.717, 1.165) is 0 Å². The van der Waals surface area contributed by atoms with Gasteiger partial charge in [0.25, 0.3) is 5.95 Å². The molecule has 1 aromatic rings. The average molecular weight is 168 g/mol. The van der Waals surface area contributed by atoms with E-state index < -0.39 is 0 Å². The topological polar surface area (TPSA) is 70.2 Å². The zero-order chi connectivity index (χ0) is 8.39. The summed E-state index contributed by atoms with van der Waals surface area (Å²) in [6.07, 6.45) is 3.60. The maximum atomic E-state index is 4.96. The minimum Gasteiger partial charge on any atom is -0.292 e. The highest BCUT2D eigenvalue weighted by Gasteiger charge is 2.16. The molecule has 0 aromatic carbocycles. The zero-order valence-electron chi connectivity index (χ0n) is 6.51. The number of hydroxylamine groups is 2. The minimum absolute atomic E-state index is 0.533. The zero-order valence-corrected chi connectivity index (χ0v) is 6.51. The molecule has 1 aromatic heterocycles. The number of aromatic nitrogens is 4. The molecule has 0 unspecified atom stereocenters. The third kappa shape index (κ3) is 1.10. The van der Waals surface area contributed by atoms with Crippen molar-refractivity contribution < 1.29 is 4.84 Å². The summed E-state index contributed by atoms with van der Waals surface area (Å²) in [5.74, 6) is 0.533. The molecule has 2 rings (SSSR count). The fraction of sp³-hybridized carbons (Fsp3) is 0.400. The molecule has 7 heteroatoms. The Labute approximate surface area is 68.6 Å². The molecule has 0 amide bonds. The van der Waals surface area contributed by atoms with Crippen LogP contribution in [-0.2, 0) is 4.84 Å². The van der Waals surface area contributed by atoms with Gasteiger partial charge in [-0.2, -0.15) is 5.21 Å². The number of anilines is 1. The SMILES string of the molecule is CON1C=CN(c2nn[nH]n2)C1. The van der Waals surface area contributed by atoms with Crippen molar-refractivity contribution in [3.63, 3.8) is 0 Å². The molecule has 7 nitrogen and oxygen atoms in total. The highest BCUT2D eigenvalue weighted by atomic mass is 16.7.